The molecule has 0 saturated heterocycles. The van der Waals surface area contributed by atoms with Gasteiger partial charge in [-0.1, -0.05) is 84.9 Å². The summed E-state index contributed by atoms with van der Waals surface area (Å²) in [6.45, 7) is 0. The summed E-state index contributed by atoms with van der Waals surface area (Å²) in [4.78, 5) is 0. The molecule has 0 N–H and O–H groups in total. The second-order valence-corrected chi connectivity index (χ2v) is 7.91. The molecule has 0 aromatic heterocycles. The molecule has 0 heterocycles. The van der Waals surface area contributed by atoms with Crippen molar-refractivity contribution in [2.75, 3.05) is 0 Å². The summed E-state index contributed by atoms with van der Waals surface area (Å²) < 4.78 is 0. The lowest BCUT2D eigenvalue weighted by molar-refractivity contribution is 0.851. The van der Waals surface area contributed by atoms with Gasteiger partial charge in [0.25, 0.3) is 0 Å². The summed E-state index contributed by atoms with van der Waals surface area (Å²) in [7, 11) is -0.546. The Hall–Kier alpha value is -2.13. The van der Waals surface area contributed by atoms with Crippen molar-refractivity contribution in [2.24, 2.45) is 0 Å². The molecule has 0 aliphatic heterocycles. The van der Waals surface area contributed by atoms with E-state index < -0.39 is 7.92 Å². The average molecular weight is 366 g/mol. The third kappa shape index (κ3) is 5.17. The number of nitrogens with zero attached hydrogens (tertiary/aromatic N) is 1. The van der Waals surface area contributed by atoms with Crippen LogP contribution in [0.3, 0.4) is 0 Å². The van der Waals surface area contributed by atoms with Crippen molar-refractivity contribution >= 4 is 36.2 Å². The number of hydrogen-bond donors (Lipinski definition) is 0. The van der Waals surface area contributed by atoms with Gasteiger partial charge < -0.3 is 0 Å². The van der Waals surface area contributed by atoms with Gasteiger partial charge in [-0.25, -0.2) is 0 Å². The van der Waals surface area contributed by atoms with Crippen molar-refractivity contribution < 1.29 is 0 Å². The van der Waals surface area contributed by atoms with Crippen LogP contribution in [-0.2, 0) is 6.42 Å². The maximum absolute atomic E-state index is 8.74. The monoisotopic (exact) mass is 365 g/mol. The standard InChI is InChI=1S/C22H20NP.ClH/c23-17-8-7-10-19-11-9-16-22(18-19)24(20-12-3-1-4-13-20)21-14-5-2-6-15-21;/h1-6,9,11-16,18H,7-8,10H2;1H. The zero-order valence-corrected chi connectivity index (χ0v) is 15.7. The van der Waals surface area contributed by atoms with Gasteiger partial charge in [-0.2, -0.15) is 5.26 Å². The molecule has 3 aromatic rings. The molecule has 0 amide bonds. The van der Waals surface area contributed by atoms with Crippen LogP contribution in [-0.4, -0.2) is 0 Å². The summed E-state index contributed by atoms with van der Waals surface area (Å²) in [5.74, 6) is 0. The topological polar surface area (TPSA) is 23.8 Å². The van der Waals surface area contributed by atoms with Crippen molar-refractivity contribution in [3.05, 3.63) is 90.5 Å². The Kier molecular flexibility index (Phi) is 7.68. The predicted molar refractivity (Wildman–Crippen MR) is 111 cm³/mol. The molecule has 1 nitrogen and oxygen atoms in total. The van der Waals surface area contributed by atoms with Crippen LogP contribution >= 0.6 is 20.3 Å². The van der Waals surface area contributed by atoms with Crippen molar-refractivity contribution in [1.29, 1.82) is 5.26 Å². The summed E-state index contributed by atoms with van der Waals surface area (Å²) in [5.41, 5.74) is 1.32. The Morgan fingerprint density at radius 3 is 1.84 bits per heavy atom. The minimum absolute atomic E-state index is 0. The van der Waals surface area contributed by atoms with Gasteiger partial charge >= 0.3 is 0 Å². The molecule has 0 spiro atoms. The van der Waals surface area contributed by atoms with Crippen LogP contribution < -0.4 is 15.9 Å². The van der Waals surface area contributed by atoms with E-state index in [9.17, 15) is 0 Å². The van der Waals surface area contributed by atoms with E-state index in [1.165, 1.54) is 21.5 Å². The molecule has 0 aliphatic carbocycles. The second-order valence-electron chi connectivity index (χ2n) is 5.69. The third-order valence-corrected chi connectivity index (χ3v) is 6.38. The minimum atomic E-state index is -0.546. The first-order valence-electron chi connectivity index (χ1n) is 8.24. The molecule has 0 bridgehead atoms. The highest BCUT2D eigenvalue weighted by Crippen LogP contribution is 2.32. The first kappa shape index (κ1) is 19.2. The Bertz CT molecular complexity index is 773. The highest BCUT2D eigenvalue weighted by molar-refractivity contribution is 7.79. The number of aryl methyl sites for hydroxylation is 1. The van der Waals surface area contributed by atoms with Gasteiger partial charge in [0.2, 0.25) is 0 Å². The highest BCUT2D eigenvalue weighted by Gasteiger charge is 2.16. The highest BCUT2D eigenvalue weighted by atomic mass is 35.5. The van der Waals surface area contributed by atoms with E-state index in [4.69, 9.17) is 5.26 Å². The van der Waals surface area contributed by atoms with Crippen molar-refractivity contribution in [1.82, 2.24) is 0 Å². The van der Waals surface area contributed by atoms with Gasteiger partial charge in [0.05, 0.1) is 6.07 Å². The molecule has 3 rings (SSSR count). The molecule has 25 heavy (non-hydrogen) atoms. The molecule has 0 saturated carbocycles. The number of rotatable bonds is 6. The number of hydrogen-bond acceptors (Lipinski definition) is 1. The molecule has 0 unspecified atom stereocenters. The first-order valence-corrected chi connectivity index (χ1v) is 9.59. The molecular weight excluding hydrogens is 345 g/mol. The smallest absolute Gasteiger partial charge is 0.0621 e. The van der Waals surface area contributed by atoms with Crippen molar-refractivity contribution in [3.63, 3.8) is 0 Å². The lowest BCUT2D eigenvalue weighted by atomic mass is 10.1. The van der Waals surface area contributed by atoms with Crippen LogP contribution in [0.15, 0.2) is 84.9 Å². The molecule has 126 valence electrons. The number of unbranched alkanes of at least 4 members (excludes halogenated alkanes) is 1. The molecule has 0 aliphatic rings. The number of benzene rings is 3. The average Bonchev–Trinajstić information content (AvgIpc) is 2.64. The minimum Gasteiger partial charge on any atom is -0.198 e. The van der Waals surface area contributed by atoms with Gasteiger partial charge in [-0.05, 0) is 42.2 Å². The maximum Gasteiger partial charge on any atom is 0.0621 e. The molecule has 3 heteroatoms. The Morgan fingerprint density at radius 1 is 0.720 bits per heavy atom. The van der Waals surface area contributed by atoms with Gasteiger partial charge in [-0.3, -0.25) is 0 Å². The Morgan fingerprint density at radius 2 is 1.28 bits per heavy atom. The van der Waals surface area contributed by atoms with Crippen LogP contribution in [0.5, 0.6) is 0 Å². The van der Waals surface area contributed by atoms with Crippen LogP contribution in [0.2, 0.25) is 0 Å². The van der Waals surface area contributed by atoms with E-state index in [1.54, 1.807) is 0 Å². The van der Waals surface area contributed by atoms with E-state index in [0.29, 0.717) is 6.42 Å². The lowest BCUT2D eigenvalue weighted by Crippen LogP contribution is -2.20. The number of halogens is 1. The van der Waals surface area contributed by atoms with Gasteiger partial charge in [-0.15, -0.1) is 12.4 Å². The second kappa shape index (κ2) is 10.00. The fraction of sp³-hybridized carbons (Fsp3) is 0.136. The van der Waals surface area contributed by atoms with Crippen LogP contribution in [0.4, 0.5) is 0 Å². The molecule has 0 atom stereocenters. The van der Waals surface area contributed by atoms with E-state index in [0.717, 1.165) is 12.8 Å². The summed E-state index contributed by atoms with van der Waals surface area (Å²) in [6.07, 6.45) is 2.51. The predicted octanol–water partition coefficient (Wildman–Crippen LogP) is 4.71. The molecule has 0 radical (unpaired) electrons. The summed E-state index contributed by atoms with van der Waals surface area (Å²) in [5, 5.41) is 12.8. The van der Waals surface area contributed by atoms with Crippen molar-refractivity contribution in [2.45, 2.75) is 19.3 Å². The Balaban J connectivity index is 0.00000225. The van der Waals surface area contributed by atoms with Crippen LogP contribution in [0.25, 0.3) is 0 Å². The molecule has 0 fully saturated rings. The van der Waals surface area contributed by atoms with Crippen LogP contribution in [0, 0.1) is 11.3 Å². The maximum atomic E-state index is 8.74. The van der Waals surface area contributed by atoms with Crippen LogP contribution in [0.1, 0.15) is 18.4 Å². The fourth-order valence-electron chi connectivity index (χ4n) is 2.82. The van der Waals surface area contributed by atoms with Crippen molar-refractivity contribution in [3.8, 4) is 6.07 Å². The normalized spacial score (nSPS) is 10.1. The third-order valence-electron chi connectivity index (χ3n) is 3.95. The SMILES string of the molecule is Cl.N#CCCCc1cccc(P(c2ccccc2)c2ccccc2)c1. The quantitative estimate of drug-likeness (QED) is 0.458. The first-order chi connectivity index (χ1) is 11.9. The molecular formula is C22H21ClNP. The summed E-state index contributed by atoms with van der Waals surface area (Å²) >= 11 is 0. The number of nitriles is 1. The zero-order chi connectivity index (χ0) is 16.6. The largest absolute Gasteiger partial charge is 0.198 e. The molecule has 3 aromatic carbocycles. The lowest BCUT2D eigenvalue weighted by Gasteiger charge is -2.20. The van der Waals surface area contributed by atoms with E-state index in [-0.39, 0.29) is 12.4 Å². The van der Waals surface area contributed by atoms with Gasteiger partial charge in [0.15, 0.2) is 0 Å². The Labute approximate surface area is 157 Å². The van der Waals surface area contributed by atoms with E-state index in [2.05, 4.69) is 91.0 Å². The van der Waals surface area contributed by atoms with Gasteiger partial charge in [0.1, 0.15) is 0 Å². The fourth-order valence-corrected chi connectivity index (χ4v) is 5.19. The van der Waals surface area contributed by atoms with E-state index >= 15 is 0 Å². The zero-order valence-electron chi connectivity index (χ0n) is 14.0. The van der Waals surface area contributed by atoms with E-state index in [1.807, 2.05) is 0 Å². The summed E-state index contributed by atoms with van der Waals surface area (Å²) in [6, 6.07) is 32.6. The van der Waals surface area contributed by atoms with Gasteiger partial charge in [0, 0.05) is 6.42 Å².